The van der Waals surface area contributed by atoms with Crippen molar-refractivity contribution >= 4 is 27.5 Å². The molecule has 0 saturated heterocycles. The van der Waals surface area contributed by atoms with Gasteiger partial charge in [-0.05, 0) is 36.4 Å². The molecule has 3 aromatic rings. The van der Waals surface area contributed by atoms with Gasteiger partial charge in [-0.1, -0.05) is 12.1 Å². The Balaban J connectivity index is 1.70. The summed E-state index contributed by atoms with van der Waals surface area (Å²) in [5.74, 6) is -0.645. The number of amides is 2. The van der Waals surface area contributed by atoms with Crippen molar-refractivity contribution < 1.29 is 22.7 Å². The van der Waals surface area contributed by atoms with Crippen LogP contribution in [-0.4, -0.2) is 36.9 Å². The maximum absolute atomic E-state index is 12.4. The third-order valence-electron chi connectivity index (χ3n) is 4.30. The number of anilines is 1. The van der Waals surface area contributed by atoms with Crippen LogP contribution in [0.1, 0.15) is 6.92 Å². The molecule has 0 radical (unpaired) electrons. The Hall–Kier alpha value is -3.99. The maximum atomic E-state index is 12.4. The van der Waals surface area contributed by atoms with Gasteiger partial charge in [0.1, 0.15) is 12.3 Å². The molecule has 1 aromatic heterocycles. The van der Waals surface area contributed by atoms with Crippen LogP contribution >= 0.6 is 0 Å². The van der Waals surface area contributed by atoms with Crippen molar-refractivity contribution in [3.8, 4) is 17.0 Å². The van der Waals surface area contributed by atoms with Crippen LogP contribution in [0.4, 0.5) is 5.69 Å². The van der Waals surface area contributed by atoms with E-state index in [0.717, 1.165) is 11.5 Å². The number of carbonyl (C=O) groups is 2. The largest absolute Gasteiger partial charge is 0.496 e. The number of methoxy groups -OCH3 is 1. The number of benzene rings is 2. The molecule has 2 N–H and O–H groups in total. The third-order valence-corrected chi connectivity index (χ3v) is 5.75. The van der Waals surface area contributed by atoms with Gasteiger partial charge in [-0.3, -0.25) is 19.0 Å². The van der Waals surface area contributed by atoms with Crippen LogP contribution in [0, 0.1) is 0 Å². The smallest absolute Gasteiger partial charge is 0.264 e. The lowest BCUT2D eigenvalue weighted by molar-refractivity contribution is -0.117. The molecule has 32 heavy (non-hydrogen) atoms. The van der Waals surface area contributed by atoms with Gasteiger partial charge in [0.2, 0.25) is 11.8 Å². The predicted octanol–water partition coefficient (Wildman–Crippen LogP) is 1.38. The summed E-state index contributed by atoms with van der Waals surface area (Å²) < 4.78 is 32.2. The molecule has 0 unspecified atom stereocenters. The van der Waals surface area contributed by atoms with E-state index in [9.17, 15) is 22.8 Å². The van der Waals surface area contributed by atoms with Crippen LogP contribution in [0.15, 0.2) is 70.6 Å². The van der Waals surface area contributed by atoms with Crippen molar-refractivity contribution in [3.05, 3.63) is 71.3 Å². The Kier molecular flexibility index (Phi) is 6.69. The Labute approximate surface area is 183 Å². The minimum atomic E-state index is -3.97. The number of aromatic nitrogens is 2. The van der Waals surface area contributed by atoms with Gasteiger partial charge in [-0.25, -0.2) is 18.1 Å². The molecule has 0 atom stereocenters. The SMILES string of the molecule is COc1ccccc1-c1cc(=O)n(CC(=O)Nc2ccc(S(=O)(=O)NC(C)=O)cc2)cn1. The summed E-state index contributed by atoms with van der Waals surface area (Å²) in [5.41, 5.74) is 0.967. The van der Waals surface area contributed by atoms with E-state index < -0.39 is 27.4 Å². The van der Waals surface area contributed by atoms with Crippen LogP contribution in [0.25, 0.3) is 11.3 Å². The molecule has 166 valence electrons. The molecule has 0 aliphatic heterocycles. The molecule has 2 aromatic carbocycles. The second-order valence-corrected chi connectivity index (χ2v) is 8.36. The van der Waals surface area contributed by atoms with Crippen molar-refractivity contribution in [2.75, 3.05) is 12.4 Å². The standard InChI is InChI=1S/C21H20N4O6S/c1-14(26)24-32(29,30)16-9-7-15(8-10-16)23-20(27)12-25-13-22-18(11-21(25)28)17-5-3-4-6-19(17)31-2/h3-11,13H,12H2,1-2H3,(H,23,27)(H,24,26). The molecule has 0 bridgehead atoms. The van der Waals surface area contributed by atoms with Crippen LogP contribution in [0.2, 0.25) is 0 Å². The molecular formula is C21H20N4O6S. The average Bonchev–Trinajstić information content (AvgIpc) is 2.74. The quantitative estimate of drug-likeness (QED) is 0.548. The summed E-state index contributed by atoms with van der Waals surface area (Å²) in [6, 6.07) is 13.7. The molecule has 3 rings (SSSR count). The zero-order valence-corrected chi connectivity index (χ0v) is 18.0. The lowest BCUT2D eigenvalue weighted by atomic mass is 10.1. The second-order valence-electron chi connectivity index (χ2n) is 6.67. The van der Waals surface area contributed by atoms with Crippen LogP contribution < -0.4 is 20.3 Å². The number of para-hydroxylation sites is 1. The van der Waals surface area contributed by atoms with E-state index >= 15 is 0 Å². The maximum Gasteiger partial charge on any atom is 0.264 e. The minimum Gasteiger partial charge on any atom is -0.496 e. The van der Waals surface area contributed by atoms with Gasteiger partial charge in [-0.15, -0.1) is 0 Å². The second kappa shape index (κ2) is 9.43. The number of rotatable bonds is 7. The summed E-state index contributed by atoms with van der Waals surface area (Å²) >= 11 is 0. The number of ether oxygens (including phenoxy) is 1. The Morgan fingerprint density at radius 3 is 2.41 bits per heavy atom. The zero-order chi connectivity index (χ0) is 23.3. The fraction of sp³-hybridized carbons (Fsp3) is 0.143. The van der Waals surface area contributed by atoms with Gasteiger partial charge in [0.05, 0.1) is 24.0 Å². The predicted molar refractivity (Wildman–Crippen MR) is 117 cm³/mol. The minimum absolute atomic E-state index is 0.127. The molecule has 0 saturated carbocycles. The number of nitrogens with zero attached hydrogens (tertiary/aromatic N) is 2. The van der Waals surface area contributed by atoms with Crippen molar-refractivity contribution in [3.63, 3.8) is 0 Å². The molecular weight excluding hydrogens is 436 g/mol. The molecule has 1 heterocycles. The summed E-state index contributed by atoms with van der Waals surface area (Å²) in [4.78, 5) is 39.9. The van der Waals surface area contributed by atoms with Gasteiger partial charge in [0, 0.05) is 24.2 Å². The number of sulfonamides is 1. The summed E-state index contributed by atoms with van der Waals surface area (Å²) in [6.45, 7) is 0.801. The van der Waals surface area contributed by atoms with Crippen molar-refractivity contribution in [1.29, 1.82) is 0 Å². The van der Waals surface area contributed by atoms with E-state index in [1.807, 2.05) is 4.72 Å². The van der Waals surface area contributed by atoms with Crippen LogP contribution in [0.3, 0.4) is 0 Å². The van der Waals surface area contributed by atoms with Crippen molar-refractivity contribution in [1.82, 2.24) is 14.3 Å². The summed E-state index contributed by atoms with van der Waals surface area (Å²) in [6.07, 6.45) is 1.27. The zero-order valence-electron chi connectivity index (χ0n) is 17.2. The Morgan fingerprint density at radius 2 is 1.78 bits per heavy atom. The van der Waals surface area contributed by atoms with E-state index in [2.05, 4.69) is 10.3 Å². The van der Waals surface area contributed by atoms with Gasteiger partial charge >= 0.3 is 0 Å². The number of carbonyl (C=O) groups excluding carboxylic acids is 2. The molecule has 0 spiro atoms. The molecule has 0 aliphatic carbocycles. The molecule has 0 fully saturated rings. The fourth-order valence-corrected chi connectivity index (χ4v) is 3.86. The van der Waals surface area contributed by atoms with Crippen LogP contribution in [0.5, 0.6) is 5.75 Å². The number of nitrogens with one attached hydrogen (secondary N) is 2. The first-order valence-corrected chi connectivity index (χ1v) is 10.8. The third kappa shape index (κ3) is 5.38. The average molecular weight is 456 g/mol. The Morgan fingerprint density at radius 1 is 1.09 bits per heavy atom. The number of hydrogen-bond acceptors (Lipinski definition) is 7. The van der Waals surface area contributed by atoms with Crippen LogP contribution in [-0.2, 0) is 26.2 Å². The highest BCUT2D eigenvalue weighted by Gasteiger charge is 2.15. The molecule has 2 amide bonds. The summed E-state index contributed by atoms with van der Waals surface area (Å²) in [7, 11) is -2.45. The Bertz CT molecular complexity index is 1320. The lowest BCUT2D eigenvalue weighted by Crippen LogP contribution is -2.28. The first kappa shape index (κ1) is 22.7. The van der Waals surface area contributed by atoms with E-state index in [1.165, 1.54) is 43.8 Å². The molecule has 10 nitrogen and oxygen atoms in total. The van der Waals surface area contributed by atoms with E-state index in [0.29, 0.717) is 22.7 Å². The van der Waals surface area contributed by atoms with E-state index in [1.54, 1.807) is 24.3 Å². The highest BCUT2D eigenvalue weighted by molar-refractivity contribution is 7.90. The fourth-order valence-electron chi connectivity index (χ4n) is 2.87. The monoisotopic (exact) mass is 456 g/mol. The van der Waals surface area contributed by atoms with Gasteiger partial charge in [0.25, 0.3) is 15.6 Å². The highest BCUT2D eigenvalue weighted by Crippen LogP contribution is 2.26. The molecule has 0 aliphatic rings. The molecule has 11 heteroatoms. The topological polar surface area (TPSA) is 136 Å². The lowest BCUT2D eigenvalue weighted by Gasteiger charge is -2.10. The number of hydrogen-bond donors (Lipinski definition) is 2. The van der Waals surface area contributed by atoms with Gasteiger partial charge < -0.3 is 10.1 Å². The van der Waals surface area contributed by atoms with Crippen molar-refractivity contribution in [2.45, 2.75) is 18.4 Å². The normalized spacial score (nSPS) is 10.9. The highest BCUT2D eigenvalue weighted by atomic mass is 32.2. The van der Waals surface area contributed by atoms with Gasteiger partial charge in [0.15, 0.2) is 0 Å². The van der Waals surface area contributed by atoms with Crippen molar-refractivity contribution in [2.24, 2.45) is 0 Å². The first-order valence-electron chi connectivity index (χ1n) is 9.33. The van der Waals surface area contributed by atoms with E-state index in [4.69, 9.17) is 4.74 Å². The van der Waals surface area contributed by atoms with Gasteiger partial charge in [-0.2, -0.15) is 0 Å². The van der Waals surface area contributed by atoms with E-state index in [-0.39, 0.29) is 11.4 Å². The first-order chi connectivity index (χ1) is 15.2. The summed E-state index contributed by atoms with van der Waals surface area (Å²) in [5, 5.41) is 2.57.